The van der Waals surface area contributed by atoms with Gasteiger partial charge in [-0.2, -0.15) is 13.2 Å². The van der Waals surface area contributed by atoms with Crippen LogP contribution in [0.5, 0.6) is 5.75 Å². The summed E-state index contributed by atoms with van der Waals surface area (Å²) in [6, 6.07) is 8.92. The van der Waals surface area contributed by atoms with E-state index in [4.69, 9.17) is 16.3 Å². The molecule has 0 bridgehead atoms. The second-order valence-electron chi connectivity index (χ2n) is 8.33. The van der Waals surface area contributed by atoms with Gasteiger partial charge < -0.3 is 4.74 Å². The Kier molecular flexibility index (Phi) is 8.44. The number of amides is 1. The number of anilines is 3. The summed E-state index contributed by atoms with van der Waals surface area (Å²) in [6.07, 6.45) is -1.38. The van der Waals surface area contributed by atoms with Gasteiger partial charge in [-0.05, 0) is 48.0 Å². The van der Waals surface area contributed by atoms with E-state index in [9.17, 15) is 30.8 Å². The van der Waals surface area contributed by atoms with Gasteiger partial charge in [-0.15, -0.1) is 0 Å². The third kappa shape index (κ3) is 6.38. The van der Waals surface area contributed by atoms with E-state index in [-0.39, 0.29) is 50.5 Å². The standard InChI is InChI=1S/C26H20ClF4N5O4S/c1-3-25(37)36(24-7-5-16(13-33-24)41(38,39)35-23-8-9-32-14-34-23)21-12-19(27)17(11-22(21)40-2)15-4-6-20(28)18(10-15)26(29,30)31/h4-14H,3H2,1-2H3,(H,32,34,35). The van der Waals surface area contributed by atoms with Crippen LogP contribution in [0.2, 0.25) is 5.02 Å². The largest absolute Gasteiger partial charge is 0.495 e. The zero-order valence-corrected chi connectivity index (χ0v) is 22.9. The zero-order chi connectivity index (χ0) is 29.9. The van der Waals surface area contributed by atoms with Crippen LogP contribution in [0.15, 0.2) is 72.1 Å². The van der Waals surface area contributed by atoms with Gasteiger partial charge in [0.05, 0.1) is 23.4 Å². The highest BCUT2D eigenvalue weighted by atomic mass is 35.5. The highest BCUT2D eigenvalue weighted by molar-refractivity contribution is 7.92. The maximum absolute atomic E-state index is 13.8. The number of hydrogen-bond acceptors (Lipinski definition) is 7. The van der Waals surface area contributed by atoms with Crippen LogP contribution in [0.3, 0.4) is 0 Å². The van der Waals surface area contributed by atoms with Crippen LogP contribution in [-0.4, -0.2) is 36.4 Å². The molecule has 0 aliphatic rings. The van der Waals surface area contributed by atoms with Gasteiger partial charge >= 0.3 is 6.18 Å². The summed E-state index contributed by atoms with van der Waals surface area (Å²) in [4.78, 5) is 25.6. The second-order valence-corrected chi connectivity index (χ2v) is 10.4. The summed E-state index contributed by atoms with van der Waals surface area (Å²) in [5.41, 5.74) is -1.32. The molecule has 0 atom stereocenters. The SMILES string of the molecule is CCC(=O)N(c1ccc(S(=O)(=O)Nc2ccncn2)cn1)c1cc(Cl)c(-c2ccc(F)c(C(F)(F)F)c2)cc1OC. The van der Waals surface area contributed by atoms with Crippen molar-refractivity contribution in [3.05, 3.63) is 83.7 Å². The highest BCUT2D eigenvalue weighted by Gasteiger charge is 2.34. The van der Waals surface area contributed by atoms with Gasteiger partial charge in [0.1, 0.15) is 34.4 Å². The minimum Gasteiger partial charge on any atom is -0.495 e. The molecule has 0 fully saturated rings. The topological polar surface area (TPSA) is 114 Å². The number of pyridine rings is 1. The van der Waals surface area contributed by atoms with E-state index in [0.717, 1.165) is 17.2 Å². The molecular weight excluding hydrogens is 590 g/mol. The molecule has 0 aliphatic heterocycles. The summed E-state index contributed by atoms with van der Waals surface area (Å²) in [5, 5.41) is -0.0670. The lowest BCUT2D eigenvalue weighted by molar-refractivity contribution is -0.140. The molecular formula is C26H20ClF4N5O4S. The maximum Gasteiger partial charge on any atom is 0.419 e. The summed E-state index contributed by atoms with van der Waals surface area (Å²) in [7, 11) is -2.80. The molecule has 0 saturated heterocycles. The Labute approximate surface area is 236 Å². The molecule has 2 aromatic heterocycles. The van der Waals surface area contributed by atoms with E-state index < -0.39 is 33.5 Å². The van der Waals surface area contributed by atoms with Gasteiger partial charge in [0.25, 0.3) is 10.0 Å². The lowest BCUT2D eigenvalue weighted by atomic mass is 10.0. The summed E-state index contributed by atoms with van der Waals surface area (Å²) < 4.78 is 86.9. The first-order valence-corrected chi connectivity index (χ1v) is 13.5. The van der Waals surface area contributed by atoms with Crippen molar-refractivity contribution in [3.63, 3.8) is 0 Å². The molecule has 4 aromatic rings. The average Bonchev–Trinajstić information content (AvgIpc) is 2.93. The summed E-state index contributed by atoms with van der Waals surface area (Å²) >= 11 is 6.45. The number of benzene rings is 2. The summed E-state index contributed by atoms with van der Waals surface area (Å²) in [6.45, 7) is 1.58. The summed E-state index contributed by atoms with van der Waals surface area (Å²) in [5.74, 6) is -1.83. The van der Waals surface area contributed by atoms with Crippen molar-refractivity contribution in [2.75, 3.05) is 16.7 Å². The van der Waals surface area contributed by atoms with Crippen LogP contribution in [0.4, 0.5) is 34.9 Å². The number of aromatic nitrogens is 3. The zero-order valence-electron chi connectivity index (χ0n) is 21.3. The molecule has 1 amide bonds. The fourth-order valence-electron chi connectivity index (χ4n) is 3.77. The molecule has 1 N–H and O–H groups in total. The Morgan fingerprint density at radius 3 is 2.44 bits per heavy atom. The molecule has 4 rings (SSSR count). The number of nitrogens with zero attached hydrogens (tertiary/aromatic N) is 4. The number of methoxy groups -OCH3 is 1. The second kappa shape index (κ2) is 11.7. The van der Waals surface area contributed by atoms with Gasteiger partial charge in [-0.1, -0.05) is 24.6 Å². The minimum absolute atomic E-state index is 0.00751. The Morgan fingerprint density at radius 1 is 1.10 bits per heavy atom. The fourth-order valence-corrected chi connectivity index (χ4v) is 4.99. The van der Waals surface area contributed by atoms with Gasteiger partial charge in [0, 0.05) is 24.4 Å². The Balaban J connectivity index is 1.75. The Morgan fingerprint density at radius 2 is 1.85 bits per heavy atom. The molecule has 0 saturated carbocycles. The number of nitrogens with one attached hydrogen (secondary N) is 1. The number of carbonyl (C=O) groups excluding carboxylic acids is 1. The molecule has 0 radical (unpaired) electrons. The molecule has 15 heteroatoms. The lowest BCUT2D eigenvalue weighted by Crippen LogP contribution is -2.26. The van der Waals surface area contributed by atoms with Gasteiger partial charge in [-0.3, -0.25) is 14.4 Å². The smallest absolute Gasteiger partial charge is 0.419 e. The normalized spacial score (nSPS) is 11.7. The monoisotopic (exact) mass is 609 g/mol. The Bertz CT molecular complexity index is 1690. The number of alkyl halides is 3. The van der Waals surface area contributed by atoms with Crippen LogP contribution in [0.1, 0.15) is 18.9 Å². The van der Waals surface area contributed by atoms with Crippen molar-refractivity contribution in [2.45, 2.75) is 24.4 Å². The molecule has 0 aliphatic carbocycles. The van der Waals surface area contributed by atoms with Crippen LogP contribution in [0, 0.1) is 5.82 Å². The number of hydrogen-bond donors (Lipinski definition) is 1. The van der Waals surface area contributed by atoms with Gasteiger partial charge in [-0.25, -0.2) is 27.8 Å². The minimum atomic E-state index is -4.93. The van der Waals surface area contributed by atoms with Crippen molar-refractivity contribution in [1.82, 2.24) is 15.0 Å². The van der Waals surface area contributed by atoms with E-state index in [1.165, 1.54) is 50.0 Å². The first-order valence-electron chi connectivity index (χ1n) is 11.7. The molecule has 214 valence electrons. The molecule has 9 nitrogen and oxygen atoms in total. The predicted molar refractivity (Wildman–Crippen MR) is 143 cm³/mol. The van der Waals surface area contributed by atoms with Crippen LogP contribution < -0.4 is 14.4 Å². The van der Waals surface area contributed by atoms with Crippen molar-refractivity contribution in [3.8, 4) is 16.9 Å². The molecule has 2 aromatic carbocycles. The number of rotatable bonds is 8. The van der Waals surface area contributed by atoms with Crippen molar-refractivity contribution in [2.24, 2.45) is 0 Å². The molecule has 0 spiro atoms. The van der Waals surface area contributed by atoms with Crippen molar-refractivity contribution >= 4 is 44.9 Å². The highest BCUT2D eigenvalue weighted by Crippen LogP contribution is 2.43. The Hall–Kier alpha value is -4.30. The third-order valence-corrected chi connectivity index (χ3v) is 7.38. The molecule has 0 unspecified atom stereocenters. The quantitative estimate of drug-likeness (QED) is 0.235. The van der Waals surface area contributed by atoms with E-state index in [1.807, 2.05) is 0 Å². The number of halogens is 5. The number of carbonyl (C=O) groups is 1. The first kappa shape index (κ1) is 29.7. The number of sulfonamides is 1. The van der Waals surface area contributed by atoms with Crippen molar-refractivity contribution in [1.29, 1.82) is 0 Å². The van der Waals surface area contributed by atoms with Gasteiger partial charge in [0.2, 0.25) is 5.91 Å². The van der Waals surface area contributed by atoms with Crippen LogP contribution in [-0.2, 0) is 21.0 Å². The predicted octanol–water partition coefficient (Wildman–Crippen LogP) is 6.23. The van der Waals surface area contributed by atoms with E-state index in [0.29, 0.717) is 12.1 Å². The average molecular weight is 610 g/mol. The number of ether oxygens (including phenoxy) is 1. The molecule has 41 heavy (non-hydrogen) atoms. The lowest BCUT2D eigenvalue weighted by Gasteiger charge is -2.25. The van der Waals surface area contributed by atoms with Crippen molar-refractivity contribution < 1.29 is 35.5 Å². The molecule has 2 heterocycles. The van der Waals surface area contributed by atoms with Crippen LogP contribution in [0.25, 0.3) is 11.1 Å². The van der Waals surface area contributed by atoms with Crippen LogP contribution >= 0.6 is 11.6 Å². The third-order valence-electron chi connectivity index (χ3n) is 5.73. The van der Waals surface area contributed by atoms with E-state index in [1.54, 1.807) is 6.92 Å². The van der Waals surface area contributed by atoms with E-state index in [2.05, 4.69) is 19.7 Å². The fraction of sp³-hybridized carbons (Fsp3) is 0.154. The first-order chi connectivity index (χ1) is 19.4. The van der Waals surface area contributed by atoms with E-state index >= 15 is 0 Å². The maximum atomic E-state index is 13.8. The van der Waals surface area contributed by atoms with Gasteiger partial charge in [0.15, 0.2) is 0 Å².